The summed E-state index contributed by atoms with van der Waals surface area (Å²) >= 11 is 0. The van der Waals surface area contributed by atoms with Gasteiger partial charge in [-0.15, -0.1) is 0 Å². The van der Waals surface area contributed by atoms with Crippen LogP contribution in [0.25, 0.3) is 5.52 Å². The normalized spacial score (nSPS) is 19.9. The van der Waals surface area contributed by atoms with Crippen LogP contribution in [0.1, 0.15) is 31.2 Å². The van der Waals surface area contributed by atoms with Gasteiger partial charge in [-0.25, -0.2) is 4.98 Å². The minimum atomic E-state index is -0.359. The van der Waals surface area contributed by atoms with Crippen molar-refractivity contribution in [3.8, 4) is 0 Å². The summed E-state index contributed by atoms with van der Waals surface area (Å²) in [6, 6.07) is 4.09. The van der Waals surface area contributed by atoms with Gasteiger partial charge in [0.15, 0.2) is 0 Å². The number of aryl methyl sites for hydroxylation is 1. The van der Waals surface area contributed by atoms with Crippen LogP contribution in [0, 0.1) is 12.8 Å². The van der Waals surface area contributed by atoms with E-state index in [2.05, 4.69) is 39.9 Å². The number of imidazole rings is 1. The van der Waals surface area contributed by atoms with Gasteiger partial charge in [0.2, 0.25) is 6.41 Å². The number of amides is 1. The molecular weight excluding hydrogens is 304 g/mol. The van der Waals surface area contributed by atoms with E-state index in [4.69, 9.17) is 4.74 Å². The number of hydrogen-bond acceptors (Lipinski definition) is 4. The number of morpholine rings is 1. The van der Waals surface area contributed by atoms with Crippen molar-refractivity contribution in [3.63, 3.8) is 0 Å². The summed E-state index contributed by atoms with van der Waals surface area (Å²) in [6.07, 6.45) is 6.99. The lowest BCUT2D eigenvalue weighted by Gasteiger charge is -2.27. The standard InChI is InChI=1S/C14H17N3O.C4H9NO/c1-10-4-3-7-17-12(10)8-15-13(17)14(2,16-9-18)11-5-6-11;1-3-6-4-2-5-1/h3-4,7-9,11H,5-6H2,1-2H3,(H,16,18);5H,1-4H2. The van der Waals surface area contributed by atoms with Gasteiger partial charge in [-0.05, 0) is 44.2 Å². The molecule has 2 N–H and O–H groups in total. The van der Waals surface area contributed by atoms with Gasteiger partial charge in [-0.3, -0.25) is 4.79 Å². The number of carbonyl (C=O) groups excluding carboxylic acids is 1. The van der Waals surface area contributed by atoms with E-state index in [1.165, 1.54) is 5.56 Å². The van der Waals surface area contributed by atoms with E-state index in [0.29, 0.717) is 5.92 Å². The van der Waals surface area contributed by atoms with Gasteiger partial charge < -0.3 is 19.8 Å². The molecule has 1 saturated carbocycles. The molecular formula is C18H26N4O2. The third-order valence-corrected chi connectivity index (χ3v) is 4.85. The molecule has 1 amide bonds. The second-order valence-corrected chi connectivity index (χ2v) is 6.63. The number of fused-ring (bicyclic) bond motifs is 1. The van der Waals surface area contributed by atoms with E-state index in [0.717, 1.165) is 56.9 Å². The van der Waals surface area contributed by atoms with Gasteiger partial charge in [-0.1, -0.05) is 6.07 Å². The fourth-order valence-corrected chi connectivity index (χ4v) is 3.21. The predicted octanol–water partition coefficient (Wildman–Crippen LogP) is 1.62. The summed E-state index contributed by atoms with van der Waals surface area (Å²) < 4.78 is 7.09. The van der Waals surface area contributed by atoms with Gasteiger partial charge in [0.25, 0.3) is 0 Å². The highest BCUT2D eigenvalue weighted by Crippen LogP contribution is 2.44. The minimum Gasteiger partial charge on any atom is -0.379 e. The van der Waals surface area contributed by atoms with Crippen LogP contribution in [0.3, 0.4) is 0 Å². The number of aromatic nitrogens is 2. The van der Waals surface area contributed by atoms with Crippen LogP contribution in [0.4, 0.5) is 0 Å². The molecule has 6 nitrogen and oxygen atoms in total. The monoisotopic (exact) mass is 330 g/mol. The topological polar surface area (TPSA) is 67.7 Å². The maximum Gasteiger partial charge on any atom is 0.207 e. The smallest absolute Gasteiger partial charge is 0.207 e. The maximum absolute atomic E-state index is 10.9. The number of pyridine rings is 1. The molecule has 6 heteroatoms. The Morgan fingerprint density at radius 1 is 1.42 bits per heavy atom. The lowest BCUT2D eigenvalue weighted by molar-refractivity contribution is -0.111. The highest BCUT2D eigenvalue weighted by molar-refractivity contribution is 5.55. The Morgan fingerprint density at radius 2 is 2.17 bits per heavy atom. The third kappa shape index (κ3) is 3.44. The molecule has 1 unspecified atom stereocenters. The number of carbonyl (C=O) groups is 1. The average Bonchev–Trinajstić information content (AvgIpc) is 3.37. The number of nitrogens with zero attached hydrogens (tertiary/aromatic N) is 2. The van der Waals surface area contributed by atoms with E-state index >= 15 is 0 Å². The molecule has 1 aliphatic carbocycles. The van der Waals surface area contributed by atoms with Crippen molar-refractivity contribution in [2.75, 3.05) is 26.3 Å². The minimum absolute atomic E-state index is 0.359. The lowest BCUT2D eigenvalue weighted by atomic mass is 9.95. The van der Waals surface area contributed by atoms with E-state index in [-0.39, 0.29) is 5.54 Å². The first kappa shape index (κ1) is 16.9. The molecule has 3 heterocycles. The Bertz CT molecular complexity index is 680. The molecule has 1 atom stereocenters. The molecule has 0 bridgehead atoms. The molecule has 130 valence electrons. The highest BCUT2D eigenvalue weighted by atomic mass is 16.5. The highest BCUT2D eigenvalue weighted by Gasteiger charge is 2.45. The van der Waals surface area contributed by atoms with Crippen molar-refractivity contribution in [2.24, 2.45) is 5.92 Å². The molecule has 2 aromatic rings. The molecule has 1 aliphatic heterocycles. The van der Waals surface area contributed by atoms with Crippen LogP contribution in [-0.2, 0) is 15.1 Å². The first-order valence-electron chi connectivity index (χ1n) is 8.60. The SMILES string of the molecule is C1COCCN1.Cc1cccn2c(C(C)(NC=O)C3CC3)ncc12. The van der Waals surface area contributed by atoms with Crippen molar-refractivity contribution in [1.82, 2.24) is 20.0 Å². The number of hydrogen-bond donors (Lipinski definition) is 2. The molecule has 24 heavy (non-hydrogen) atoms. The molecule has 2 aliphatic rings. The van der Waals surface area contributed by atoms with Crippen molar-refractivity contribution < 1.29 is 9.53 Å². The first-order chi connectivity index (χ1) is 11.7. The van der Waals surface area contributed by atoms with Gasteiger partial charge in [-0.2, -0.15) is 0 Å². The number of nitrogens with one attached hydrogen (secondary N) is 2. The summed E-state index contributed by atoms with van der Waals surface area (Å²) in [5.74, 6) is 1.42. The fraction of sp³-hybridized carbons (Fsp3) is 0.556. The van der Waals surface area contributed by atoms with Crippen molar-refractivity contribution >= 4 is 11.9 Å². The summed E-state index contributed by atoms with van der Waals surface area (Å²) in [6.45, 7) is 7.97. The van der Waals surface area contributed by atoms with E-state index in [9.17, 15) is 4.79 Å². The lowest BCUT2D eigenvalue weighted by Crippen LogP contribution is -2.42. The first-order valence-corrected chi connectivity index (χ1v) is 8.60. The summed E-state index contributed by atoms with van der Waals surface area (Å²) in [4.78, 5) is 15.5. The average molecular weight is 330 g/mol. The Hall–Kier alpha value is -1.92. The van der Waals surface area contributed by atoms with Crippen LogP contribution >= 0.6 is 0 Å². The molecule has 4 rings (SSSR count). The van der Waals surface area contributed by atoms with E-state index < -0.39 is 0 Å². The van der Waals surface area contributed by atoms with Gasteiger partial charge >= 0.3 is 0 Å². The van der Waals surface area contributed by atoms with Gasteiger partial charge in [0.1, 0.15) is 5.82 Å². The van der Waals surface area contributed by atoms with E-state index in [1.807, 2.05) is 18.5 Å². The van der Waals surface area contributed by atoms with Crippen molar-refractivity contribution in [2.45, 2.75) is 32.2 Å². The van der Waals surface area contributed by atoms with Crippen molar-refractivity contribution in [3.05, 3.63) is 35.9 Å². The molecule has 0 spiro atoms. The third-order valence-electron chi connectivity index (χ3n) is 4.85. The second kappa shape index (κ2) is 7.32. The Labute approximate surface area is 142 Å². The predicted molar refractivity (Wildman–Crippen MR) is 92.9 cm³/mol. The molecule has 0 aromatic carbocycles. The zero-order valence-electron chi connectivity index (χ0n) is 14.4. The zero-order valence-corrected chi connectivity index (χ0v) is 14.4. The van der Waals surface area contributed by atoms with Crippen LogP contribution in [-0.4, -0.2) is 42.1 Å². The Morgan fingerprint density at radius 3 is 2.71 bits per heavy atom. The number of rotatable bonds is 4. The second-order valence-electron chi connectivity index (χ2n) is 6.63. The van der Waals surface area contributed by atoms with Crippen molar-refractivity contribution in [1.29, 1.82) is 0 Å². The summed E-state index contributed by atoms with van der Waals surface area (Å²) in [7, 11) is 0. The summed E-state index contributed by atoms with van der Waals surface area (Å²) in [5, 5.41) is 6.13. The molecule has 2 fully saturated rings. The van der Waals surface area contributed by atoms with Crippen LogP contribution in [0.2, 0.25) is 0 Å². The molecule has 2 aromatic heterocycles. The largest absolute Gasteiger partial charge is 0.379 e. The fourth-order valence-electron chi connectivity index (χ4n) is 3.21. The van der Waals surface area contributed by atoms with Gasteiger partial charge in [0, 0.05) is 19.3 Å². The van der Waals surface area contributed by atoms with Crippen LogP contribution in [0.5, 0.6) is 0 Å². The molecule has 1 saturated heterocycles. The van der Waals surface area contributed by atoms with Crippen LogP contribution in [0.15, 0.2) is 24.5 Å². The van der Waals surface area contributed by atoms with E-state index in [1.54, 1.807) is 0 Å². The van der Waals surface area contributed by atoms with Crippen LogP contribution < -0.4 is 10.6 Å². The van der Waals surface area contributed by atoms with Gasteiger partial charge in [0.05, 0.1) is 30.5 Å². The Kier molecular flexibility index (Phi) is 5.16. The maximum atomic E-state index is 10.9. The Balaban J connectivity index is 0.000000238. The molecule has 0 radical (unpaired) electrons. The number of ether oxygens (including phenoxy) is 1. The summed E-state index contributed by atoms with van der Waals surface area (Å²) in [5.41, 5.74) is 1.94. The quantitative estimate of drug-likeness (QED) is 0.836. The zero-order chi connectivity index (χ0) is 17.0.